The highest BCUT2D eigenvalue weighted by Gasteiger charge is 2.15. The molecule has 0 saturated carbocycles. The van der Waals surface area contributed by atoms with Crippen LogP contribution in [-0.2, 0) is 6.54 Å². The van der Waals surface area contributed by atoms with Crippen molar-refractivity contribution in [2.24, 2.45) is 5.10 Å². The monoisotopic (exact) mass is 428 g/mol. The number of benzene rings is 2. The summed E-state index contributed by atoms with van der Waals surface area (Å²) in [4.78, 5) is 29.2. The van der Waals surface area contributed by atoms with E-state index >= 15 is 0 Å². The van der Waals surface area contributed by atoms with Gasteiger partial charge in [0, 0.05) is 23.2 Å². The van der Waals surface area contributed by atoms with Gasteiger partial charge in [-0.05, 0) is 35.9 Å². The van der Waals surface area contributed by atoms with Crippen molar-refractivity contribution in [2.45, 2.75) is 6.54 Å². The van der Waals surface area contributed by atoms with Gasteiger partial charge in [-0.2, -0.15) is 5.10 Å². The summed E-state index contributed by atoms with van der Waals surface area (Å²) in [5, 5.41) is 15.9. The number of carbonyl (C=O) groups excluding carboxylic acids is 1. The van der Waals surface area contributed by atoms with E-state index in [4.69, 9.17) is 4.74 Å². The minimum atomic E-state index is -0.440. The van der Waals surface area contributed by atoms with Gasteiger partial charge in [-0.25, -0.2) is 5.43 Å². The van der Waals surface area contributed by atoms with Crippen molar-refractivity contribution in [2.75, 3.05) is 7.11 Å². The number of carbonyl (C=O) groups is 1. The normalized spacial score (nSPS) is 11.0. The first kappa shape index (κ1) is 20.8. The molecule has 0 unspecified atom stereocenters. The van der Waals surface area contributed by atoms with Gasteiger partial charge < -0.3 is 9.84 Å². The second-order valence-electron chi connectivity index (χ2n) is 6.96. The van der Waals surface area contributed by atoms with Crippen LogP contribution in [0, 0.1) is 0 Å². The molecular formula is C24H20N4O4. The number of fused-ring (bicyclic) bond motifs is 1. The van der Waals surface area contributed by atoms with Crippen molar-refractivity contribution < 1.29 is 14.6 Å². The number of ether oxygens (including phenoxy) is 1. The standard InChI is InChI=1S/C24H20N4O4/c1-32-18-10-8-16(9-11-18)15-28-23(30)20-7-3-2-6-19(20)21(24(28)31)14-26-27-22(29)17-5-4-12-25-13-17/h2-14,31H,15H2,1H3,(H,27,29). The molecule has 4 rings (SSSR count). The molecule has 160 valence electrons. The van der Waals surface area contributed by atoms with Crippen molar-refractivity contribution in [3.8, 4) is 11.6 Å². The highest BCUT2D eigenvalue weighted by molar-refractivity contribution is 6.02. The maximum Gasteiger partial charge on any atom is 0.272 e. The lowest BCUT2D eigenvalue weighted by atomic mass is 10.1. The van der Waals surface area contributed by atoms with Crippen LogP contribution in [0.4, 0.5) is 0 Å². The number of pyridine rings is 2. The molecule has 0 aliphatic carbocycles. The summed E-state index contributed by atoms with van der Waals surface area (Å²) in [6.07, 6.45) is 4.32. The van der Waals surface area contributed by atoms with Gasteiger partial charge in [0.25, 0.3) is 11.5 Å². The van der Waals surface area contributed by atoms with Crippen LogP contribution in [0.3, 0.4) is 0 Å². The summed E-state index contributed by atoms with van der Waals surface area (Å²) in [7, 11) is 1.58. The highest BCUT2D eigenvalue weighted by atomic mass is 16.5. The summed E-state index contributed by atoms with van der Waals surface area (Å²) in [6, 6.07) is 17.4. The van der Waals surface area contributed by atoms with Crippen LogP contribution in [0.25, 0.3) is 10.8 Å². The third kappa shape index (κ3) is 4.20. The average Bonchev–Trinajstić information content (AvgIpc) is 2.84. The zero-order chi connectivity index (χ0) is 22.5. The van der Waals surface area contributed by atoms with Crippen LogP contribution in [0.1, 0.15) is 21.5 Å². The molecule has 2 heterocycles. The second-order valence-corrected chi connectivity index (χ2v) is 6.96. The number of rotatable bonds is 6. The predicted molar refractivity (Wildman–Crippen MR) is 121 cm³/mol. The molecule has 0 aliphatic rings. The smallest absolute Gasteiger partial charge is 0.272 e. The summed E-state index contributed by atoms with van der Waals surface area (Å²) >= 11 is 0. The Labute approximate surface area is 183 Å². The molecule has 0 saturated heterocycles. The zero-order valence-corrected chi connectivity index (χ0v) is 17.2. The van der Waals surface area contributed by atoms with Crippen LogP contribution >= 0.6 is 0 Å². The summed E-state index contributed by atoms with van der Waals surface area (Å²) in [5.41, 5.74) is 3.57. The fraction of sp³-hybridized carbons (Fsp3) is 0.0833. The summed E-state index contributed by atoms with van der Waals surface area (Å²) in [6.45, 7) is 0.155. The number of nitrogens with zero attached hydrogens (tertiary/aromatic N) is 3. The topological polar surface area (TPSA) is 106 Å². The van der Waals surface area contributed by atoms with Gasteiger partial charge in [-0.1, -0.05) is 30.3 Å². The first-order chi connectivity index (χ1) is 15.6. The Hall–Kier alpha value is -4.46. The highest BCUT2D eigenvalue weighted by Crippen LogP contribution is 2.24. The van der Waals surface area contributed by atoms with Crippen molar-refractivity contribution >= 4 is 22.9 Å². The number of amides is 1. The lowest BCUT2D eigenvalue weighted by Gasteiger charge is -2.14. The number of methoxy groups -OCH3 is 1. The SMILES string of the molecule is COc1ccc(Cn2c(O)c(C=NNC(=O)c3cccnc3)c3ccccc3c2=O)cc1. The Morgan fingerprint density at radius 2 is 1.88 bits per heavy atom. The van der Waals surface area contributed by atoms with Gasteiger partial charge in [-0.15, -0.1) is 0 Å². The molecule has 0 fully saturated rings. The largest absolute Gasteiger partial charge is 0.497 e. The van der Waals surface area contributed by atoms with Crippen LogP contribution in [0.2, 0.25) is 0 Å². The van der Waals surface area contributed by atoms with Crippen LogP contribution < -0.4 is 15.7 Å². The van der Waals surface area contributed by atoms with Crippen molar-refractivity contribution in [1.82, 2.24) is 15.0 Å². The third-order valence-electron chi connectivity index (χ3n) is 4.97. The molecule has 8 nitrogen and oxygen atoms in total. The molecule has 0 spiro atoms. The number of aromatic hydroxyl groups is 1. The van der Waals surface area contributed by atoms with E-state index in [1.165, 1.54) is 17.0 Å². The van der Waals surface area contributed by atoms with E-state index in [-0.39, 0.29) is 18.0 Å². The minimum absolute atomic E-state index is 0.155. The molecule has 1 amide bonds. The van der Waals surface area contributed by atoms with E-state index in [1.54, 1.807) is 61.8 Å². The number of aromatic nitrogens is 2. The maximum atomic E-state index is 13.1. The van der Waals surface area contributed by atoms with Crippen molar-refractivity contribution in [3.63, 3.8) is 0 Å². The molecule has 8 heteroatoms. The molecule has 2 aromatic carbocycles. The first-order valence-electron chi connectivity index (χ1n) is 9.79. The Morgan fingerprint density at radius 1 is 1.12 bits per heavy atom. The van der Waals surface area contributed by atoms with Gasteiger partial charge in [0.2, 0.25) is 5.88 Å². The van der Waals surface area contributed by atoms with Gasteiger partial charge in [0.05, 0.1) is 31.0 Å². The van der Waals surface area contributed by atoms with Gasteiger partial charge >= 0.3 is 0 Å². The average molecular weight is 428 g/mol. The van der Waals surface area contributed by atoms with E-state index in [2.05, 4.69) is 15.5 Å². The van der Waals surface area contributed by atoms with Gasteiger partial charge in [0.1, 0.15) is 5.75 Å². The van der Waals surface area contributed by atoms with Gasteiger partial charge in [-0.3, -0.25) is 19.1 Å². The summed E-state index contributed by atoms with van der Waals surface area (Å²) < 4.78 is 6.44. The van der Waals surface area contributed by atoms with Gasteiger partial charge in [0.15, 0.2) is 0 Å². The molecule has 32 heavy (non-hydrogen) atoms. The molecule has 4 aromatic rings. The third-order valence-corrected chi connectivity index (χ3v) is 4.97. The quantitative estimate of drug-likeness (QED) is 0.363. The molecule has 0 radical (unpaired) electrons. The molecular weight excluding hydrogens is 408 g/mol. The Kier molecular flexibility index (Phi) is 5.94. The summed E-state index contributed by atoms with van der Waals surface area (Å²) in [5.74, 6) is 0.00889. The Morgan fingerprint density at radius 3 is 2.56 bits per heavy atom. The van der Waals surface area contributed by atoms with Crippen LogP contribution in [-0.4, -0.2) is 33.9 Å². The van der Waals surface area contributed by atoms with E-state index in [0.29, 0.717) is 27.6 Å². The molecule has 2 N–H and O–H groups in total. The van der Waals surface area contributed by atoms with Crippen LogP contribution in [0.5, 0.6) is 11.6 Å². The number of hydrazone groups is 1. The van der Waals surface area contributed by atoms with E-state index in [1.807, 2.05) is 12.1 Å². The van der Waals surface area contributed by atoms with E-state index in [0.717, 1.165) is 5.56 Å². The van der Waals surface area contributed by atoms with Crippen LogP contribution in [0.15, 0.2) is 83.0 Å². The number of nitrogens with one attached hydrogen (secondary N) is 1. The maximum absolute atomic E-state index is 13.1. The molecule has 0 bridgehead atoms. The fourth-order valence-corrected chi connectivity index (χ4v) is 3.32. The Balaban J connectivity index is 1.71. The fourth-order valence-electron chi connectivity index (χ4n) is 3.32. The lowest BCUT2D eigenvalue weighted by Crippen LogP contribution is -2.23. The van der Waals surface area contributed by atoms with Crippen molar-refractivity contribution in [1.29, 1.82) is 0 Å². The first-order valence-corrected chi connectivity index (χ1v) is 9.79. The van der Waals surface area contributed by atoms with Crippen molar-refractivity contribution in [3.05, 3.63) is 100 Å². The number of hydrogen-bond acceptors (Lipinski definition) is 6. The zero-order valence-electron chi connectivity index (χ0n) is 17.2. The number of hydrogen-bond donors (Lipinski definition) is 2. The molecule has 0 atom stereocenters. The Bertz CT molecular complexity index is 1350. The predicted octanol–water partition coefficient (Wildman–Crippen LogP) is 2.92. The molecule has 2 aromatic heterocycles. The second kappa shape index (κ2) is 9.13. The minimum Gasteiger partial charge on any atom is -0.497 e. The van der Waals surface area contributed by atoms with E-state index < -0.39 is 5.91 Å². The molecule has 0 aliphatic heterocycles. The lowest BCUT2D eigenvalue weighted by molar-refractivity contribution is 0.0954. The van der Waals surface area contributed by atoms with E-state index in [9.17, 15) is 14.7 Å².